The second-order valence-corrected chi connectivity index (χ2v) is 5.01. The van der Waals surface area contributed by atoms with Crippen LogP contribution in [0.1, 0.15) is 12.5 Å². The highest BCUT2D eigenvalue weighted by Crippen LogP contribution is 2.21. The standard InChI is InChI=1S/C16H14OS/c1-13(14-8-4-2-5-9-14)12-16(17)18-15-10-6-3-7-11-15/h2-12H,1H3/b13-12+. The van der Waals surface area contributed by atoms with Gasteiger partial charge in [-0.15, -0.1) is 0 Å². The molecular weight excluding hydrogens is 240 g/mol. The van der Waals surface area contributed by atoms with Gasteiger partial charge >= 0.3 is 0 Å². The zero-order valence-electron chi connectivity index (χ0n) is 10.2. The monoisotopic (exact) mass is 254 g/mol. The van der Waals surface area contributed by atoms with Gasteiger partial charge in [-0.2, -0.15) is 0 Å². The average molecular weight is 254 g/mol. The molecule has 0 atom stereocenters. The number of carbonyl (C=O) groups is 1. The molecule has 0 saturated carbocycles. The lowest BCUT2D eigenvalue weighted by Crippen LogP contribution is -1.88. The van der Waals surface area contributed by atoms with E-state index < -0.39 is 0 Å². The third-order valence-corrected chi connectivity index (χ3v) is 3.35. The Bertz CT molecular complexity index is 544. The van der Waals surface area contributed by atoms with Crippen LogP contribution in [0.5, 0.6) is 0 Å². The molecule has 18 heavy (non-hydrogen) atoms. The normalized spacial score (nSPS) is 11.3. The van der Waals surface area contributed by atoms with Crippen LogP contribution in [0.3, 0.4) is 0 Å². The summed E-state index contributed by atoms with van der Waals surface area (Å²) in [4.78, 5) is 12.9. The Hall–Kier alpha value is -1.80. The first-order valence-corrected chi connectivity index (χ1v) is 6.58. The van der Waals surface area contributed by atoms with E-state index in [4.69, 9.17) is 0 Å². The van der Waals surface area contributed by atoms with Gasteiger partial charge < -0.3 is 0 Å². The van der Waals surface area contributed by atoms with Crippen LogP contribution in [-0.4, -0.2) is 5.12 Å². The minimum absolute atomic E-state index is 0.0579. The van der Waals surface area contributed by atoms with Crippen molar-refractivity contribution in [3.63, 3.8) is 0 Å². The Morgan fingerprint density at radius 3 is 2.11 bits per heavy atom. The fraction of sp³-hybridized carbons (Fsp3) is 0.0625. The van der Waals surface area contributed by atoms with Crippen molar-refractivity contribution in [3.8, 4) is 0 Å². The topological polar surface area (TPSA) is 17.1 Å². The first-order valence-electron chi connectivity index (χ1n) is 5.76. The van der Waals surface area contributed by atoms with Crippen molar-refractivity contribution < 1.29 is 4.79 Å². The summed E-state index contributed by atoms with van der Waals surface area (Å²) in [6.07, 6.45) is 1.69. The van der Waals surface area contributed by atoms with Gasteiger partial charge in [-0.3, -0.25) is 4.79 Å². The van der Waals surface area contributed by atoms with E-state index in [0.717, 1.165) is 16.0 Å². The number of hydrogen-bond acceptors (Lipinski definition) is 2. The fourth-order valence-electron chi connectivity index (χ4n) is 1.60. The molecule has 2 aromatic rings. The van der Waals surface area contributed by atoms with Crippen molar-refractivity contribution in [1.29, 1.82) is 0 Å². The zero-order chi connectivity index (χ0) is 12.8. The summed E-state index contributed by atoms with van der Waals surface area (Å²) >= 11 is 1.25. The van der Waals surface area contributed by atoms with Crippen LogP contribution in [0.2, 0.25) is 0 Å². The third-order valence-electron chi connectivity index (χ3n) is 2.53. The summed E-state index contributed by atoms with van der Waals surface area (Å²) < 4.78 is 0. The van der Waals surface area contributed by atoms with Crippen molar-refractivity contribution in [3.05, 3.63) is 72.3 Å². The van der Waals surface area contributed by atoms with Gasteiger partial charge in [0.15, 0.2) is 0 Å². The van der Waals surface area contributed by atoms with E-state index in [-0.39, 0.29) is 5.12 Å². The molecule has 90 valence electrons. The number of allylic oxidation sites excluding steroid dienone is 1. The molecule has 0 bridgehead atoms. The molecule has 2 aromatic carbocycles. The molecule has 0 fully saturated rings. The van der Waals surface area contributed by atoms with Gasteiger partial charge in [0.25, 0.3) is 0 Å². The first kappa shape index (κ1) is 12.7. The van der Waals surface area contributed by atoms with Gasteiger partial charge in [-0.1, -0.05) is 48.5 Å². The maximum Gasteiger partial charge on any atom is 0.217 e. The summed E-state index contributed by atoms with van der Waals surface area (Å²) in [5, 5.41) is 0.0579. The fourth-order valence-corrected chi connectivity index (χ4v) is 2.36. The first-order chi connectivity index (χ1) is 8.75. The van der Waals surface area contributed by atoms with Gasteiger partial charge in [0, 0.05) is 4.90 Å². The number of rotatable bonds is 3. The smallest absolute Gasteiger partial charge is 0.217 e. The lowest BCUT2D eigenvalue weighted by molar-refractivity contribution is -0.107. The lowest BCUT2D eigenvalue weighted by Gasteiger charge is -2.01. The summed E-state index contributed by atoms with van der Waals surface area (Å²) in [7, 11) is 0. The minimum atomic E-state index is 0.0579. The molecule has 2 rings (SSSR count). The highest BCUT2D eigenvalue weighted by atomic mass is 32.2. The quantitative estimate of drug-likeness (QED) is 0.596. The van der Waals surface area contributed by atoms with Crippen LogP contribution < -0.4 is 0 Å². The van der Waals surface area contributed by atoms with Crippen molar-refractivity contribution >= 4 is 22.5 Å². The van der Waals surface area contributed by atoms with Crippen LogP contribution in [0.25, 0.3) is 5.57 Å². The second kappa shape index (κ2) is 6.22. The number of carbonyl (C=O) groups excluding carboxylic acids is 1. The van der Waals surface area contributed by atoms with Crippen LogP contribution >= 0.6 is 11.8 Å². The molecule has 0 unspecified atom stereocenters. The van der Waals surface area contributed by atoms with Crippen molar-refractivity contribution in [2.75, 3.05) is 0 Å². The highest BCUT2D eigenvalue weighted by Gasteiger charge is 2.02. The molecule has 0 aliphatic carbocycles. The summed E-state index contributed by atoms with van der Waals surface area (Å²) in [6.45, 7) is 1.96. The molecule has 0 amide bonds. The van der Waals surface area contributed by atoms with E-state index in [1.54, 1.807) is 6.08 Å². The van der Waals surface area contributed by atoms with Crippen LogP contribution in [0.15, 0.2) is 71.6 Å². The molecule has 0 radical (unpaired) electrons. The van der Waals surface area contributed by atoms with E-state index in [1.165, 1.54) is 11.8 Å². The molecule has 2 heteroatoms. The Morgan fingerprint density at radius 1 is 0.944 bits per heavy atom. The molecule has 1 nitrogen and oxygen atoms in total. The van der Waals surface area contributed by atoms with Crippen LogP contribution in [-0.2, 0) is 4.79 Å². The maximum absolute atomic E-state index is 11.9. The Morgan fingerprint density at radius 2 is 1.50 bits per heavy atom. The second-order valence-electron chi connectivity index (χ2n) is 3.93. The van der Waals surface area contributed by atoms with Gasteiger partial charge in [0.2, 0.25) is 5.12 Å². The number of benzene rings is 2. The molecule has 0 saturated heterocycles. The summed E-state index contributed by atoms with van der Waals surface area (Å²) in [5.41, 5.74) is 2.07. The minimum Gasteiger partial charge on any atom is -0.282 e. The van der Waals surface area contributed by atoms with Crippen molar-refractivity contribution in [1.82, 2.24) is 0 Å². The van der Waals surface area contributed by atoms with E-state index in [2.05, 4.69) is 0 Å². The maximum atomic E-state index is 11.9. The van der Waals surface area contributed by atoms with Gasteiger partial charge in [-0.05, 0) is 48.0 Å². The molecule has 0 aliphatic rings. The molecule has 0 aliphatic heterocycles. The van der Waals surface area contributed by atoms with E-state index in [1.807, 2.05) is 67.6 Å². The largest absolute Gasteiger partial charge is 0.282 e. The number of thioether (sulfide) groups is 1. The Kier molecular flexibility index (Phi) is 4.37. The summed E-state index contributed by atoms with van der Waals surface area (Å²) in [5.74, 6) is 0. The predicted octanol–water partition coefficient (Wildman–Crippen LogP) is 4.41. The van der Waals surface area contributed by atoms with E-state index in [9.17, 15) is 4.79 Å². The van der Waals surface area contributed by atoms with E-state index in [0.29, 0.717) is 0 Å². The number of hydrogen-bond donors (Lipinski definition) is 0. The molecular formula is C16H14OS. The van der Waals surface area contributed by atoms with Gasteiger partial charge in [0.1, 0.15) is 0 Å². The average Bonchev–Trinajstić information content (AvgIpc) is 2.40. The highest BCUT2D eigenvalue weighted by molar-refractivity contribution is 8.14. The Labute approximate surface area is 112 Å². The zero-order valence-corrected chi connectivity index (χ0v) is 11.0. The molecule has 0 aromatic heterocycles. The van der Waals surface area contributed by atoms with Crippen LogP contribution in [0, 0.1) is 0 Å². The van der Waals surface area contributed by atoms with E-state index >= 15 is 0 Å². The lowest BCUT2D eigenvalue weighted by atomic mass is 10.1. The van der Waals surface area contributed by atoms with Crippen molar-refractivity contribution in [2.24, 2.45) is 0 Å². The third kappa shape index (κ3) is 3.60. The molecule has 0 N–H and O–H groups in total. The SMILES string of the molecule is C/C(=C\C(=O)Sc1ccccc1)c1ccccc1. The molecule has 0 spiro atoms. The summed E-state index contributed by atoms with van der Waals surface area (Å²) in [6, 6.07) is 19.6. The molecule has 0 heterocycles. The van der Waals surface area contributed by atoms with Gasteiger partial charge in [-0.25, -0.2) is 0 Å². The van der Waals surface area contributed by atoms with Gasteiger partial charge in [0.05, 0.1) is 0 Å². The Balaban J connectivity index is 2.07. The van der Waals surface area contributed by atoms with Crippen LogP contribution in [0.4, 0.5) is 0 Å². The van der Waals surface area contributed by atoms with Crippen molar-refractivity contribution in [2.45, 2.75) is 11.8 Å². The predicted molar refractivity (Wildman–Crippen MR) is 77.4 cm³/mol.